The molecule has 0 atom stereocenters. The largest absolute Gasteiger partial charge is 0.418 e. The summed E-state index contributed by atoms with van der Waals surface area (Å²) in [5.74, 6) is 0. The van der Waals surface area contributed by atoms with Gasteiger partial charge in [0.15, 0.2) is 0 Å². The van der Waals surface area contributed by atoms with Crippen molar-refractivity contribution in [3.63, 3.8) is 0 Å². The maximum atomic E-state index is 13.2. The number of alkyl halides is 3. The molecule has 1 aromatic rings. The van der Waals surface area contributed by atoms with Crippen molar-refractivity contribution in [2.24, 2.45) is 5.73 Å². The molecule has 112 valence electrons. The monoisotopic (exact) mass is 350 g/mol. The van der Waals surface area contributed by atoms with Gasteiger partial charge in [-0.05, 0) is 43.9 Å². The minimum atomic E-state index is -4.35. The third-order valence-corrected chi connectivity index (χ3v) is 4.43. The van der Waals surface area contributed by atoms with Crippen molar-refractivity contribution in [3.8, 4) is 0 Å². The quantitative estimate of drug-likeness (QED) is 0.866. The molecule has 1 aliphatic rings. The zero-order valence-corrected chi connectivity index (χ0v) is 12.8. The highest BCUT2D eigenvalue weighted by Gasteiger charge is 2.36. The number of benzene rings is 1. The number of hydrogen-bond donors (Lipinski definition) is 1. The van der Waals surface area contributed by atoms with E-state index in [0.29, 0.717) is 4.47 Å². The summed E-state index contributed by atoms with van der Waals surface area (Å²) in [7, 11) is 1.74. The summed E-state index contributed by atoms with van der Waals surface area (Å²) < 4.78 is 39.9. The molecule has 0 unspecified atom stereocenters. The minimum absolute atomic E-state index is 0.122. The summed E-state index contributed by atoms with van der Waals surface area (Å²) in [6.07, 6.45) is -0.936. The highest BCUT2D eigenvalue weighted by Crippen LogP contribution is 2.39. The van der Waals surface area contributed by atoms with Crippen LogP contribution in [0.15, 0.2) is 22.7 Å². The molecule has 1 aliphatic carbocycles. The van der Waals surface area contributed by atoms with Gasteiger partial charge in [0.1, 0.15) is 0 Å². The molecule has 20 heavy (non-hydrogen) atoms. The molecule has 0 bridgehead atoms. The first-order valence-corrected chi connectivity index (χ1v) is 7.43. The molecule has 2 nitrogen and oxygen atoms in total. The Kier molecular flexibility index (Phi) is 4.64. The lowest BCUT2D eigenvalue weighted by Crippen LogP contribution is -2.39. The van der Waals surface area contributed by atoms with Gasteiger partial charge in [-0.15, -0.1) is 0 Å². The van der Waals surface area contributed by atoms with Crippen LogP contribution in [0.25, 0.3) is 0 Å². The van der Waals surface area contributed by atoms with Crippen molar-refractivity contribution in [3.05, 3.63) is 28.2 Å². The first kappa shape index (κ1) is 15.6. The third-order valence-electron chi connectivity index (χ3n) is 3.93. The van der Waals surface area contributed by atoms with E-state index >= 15 is 0 Å². The molecule has 0 aromatic heterocycles. The lowest BCUT2D eigenvalue weighted by molar-refractivity contribution is -0.137. The Labute approximate surface area is 125 Å². The Hall–Kier alpha value is -0.750. The average molecular weight is 351 g/mol. The van der Waals surface area contributed by atoms with Crippen molar-refractivity contribution >= 4 is 21.6 Å². The number of nitrogens with zero attached hydrogens (tertiary/aromatic N) is 1. The summed E-state index contributed by atoms with van der Waals surface area (Å²) in [5, 5.41) is 0. The molecule has 0 heterocycles. The molecule has 6 heteroatoms. The van der Waals surface area contributed by atoms with E-state index in [2.05, 4.69) is 15.9 Å². The molecule has 0 aliphatic heterocycles. The Morgan fingerprint density at radius 1 is 1.20 bits per heavy atom. The standard InChI is InChI=1S/C14H18BrF3N2/c1-20(11-5-3-10(19)4-6-11)13-7-2-9(15)8-12(13)14(16,17)18/h2,7-8,10-11H,3-6,19H2,1H3. The van der Waals surface area contributed by atoms with Gasteiger partial charge in [0.05, 0.1) is 5.56 Å². The van der Waals surface area contributed by atoms with Gasteiger partial charge in [0.25, 0.3) is 0 Å². The summed E-state index contributed by atoms with van der Waals surface area (Å²) >= 11 is 3.11. The van der Waals surface area contributed by atoms with Gasteiger partial charge in [-0.3, -0.25) is 0 Å². The van der Waals surface area contributed by atoms with E-state index in [4.69, 9.17) is 5.73 Å². The van der Waals surface area contributed by atoms with Gasteiger partial charge >= 0.3 is 6.18 Å². The van der Waals surface area contributed by atoms with Gasteiger partial charge < -0.3 is 10.6 Å². The molecule has 1 saturated carbocycles. The Balaban J connectivity index is 2.27. The predicted octanol–water partition coefficient (Wildman–Crippen LogP) is 4.17. The highest BCUT2D eigenvalue weighted by atomic mass is 79.9. The second-order valence-electron chi connectivity index (χ2n) is 5.34. The summed E-state index contributed by atoms with van der Waals surface area (Å²) in [6.45, 7) is 0. The van der Waals surface area contributed by atoms with Crippen LogP contribution in [0.4, 0.5) is 18.9 Å². The lowest BCUT2D eigenvalue weighted by Gasteiger charge is -2.36. The zero-order valence-electron chi connectivity index (χ0n) is 11.3. The van der Waals surface area contributed by atoms with Gasteiger partial charge in [-0.1, -0.05) is 15.9 Å². The lowest BCUT2D eigenvalue weighted by atomic mass is 9.90. The normalized spacial score (nSPS) is 23.7. The van der Waals surface area contributed by atoms with Crippen LogP contribution in [0, 0.1) is 0 Å². The van der Waals surface area contributed by atoms with Gasteiger partial charge in [0, 0.05) is 29.3 Å². The zero-order chi connectivity index (χ0) is 14.9. The fourth-order valence-corrected chi connectivity index (χ4v) is 3.09. The number of halogens is 4. The second kappa shape index (κ2) is 5.93. The van der Waals surface area contributed by atoms with Crippen molar-refractivity contribution in [1.82, 2.24) is 0 Å². The molecule has 0 amide bonds. The van der Waals surface area contributed by atoms with Crippen LogP contribution in [-0.2, 0) is 6.18 Å². The van der Waals surface area contributed by atoms with E-state index < -0.39 is 11.7 Å². The molecular formula is C14H18BrF3N2. The smallest absolute Gasteiger partial charge is 0.371 e. The maximum Gasteiger partial charge on any atom is 0.418 e. The van der Waals surface area contributed by atoms with Crippen molar-refractivity contribution in [1.29, 1.82) is 0 Å². The summed E-state index contributed by atoms with van der Waals surface area (Å²) in [4.78, 5) is 1.75. The molecule has 0 spiro atoms. The van der Waals surface area contributed by atoms with Gasteiger partial charge in [-0.25, -0.2) is 0 Å². The summed E-state index contributed by atoms with van der Waals surface area (Å²) in [5.41, 5.74) is 5.49. The molecule has 2 N–H and O–H groups in total. The molecule has 0 radical (unpaired) electrons. The van der Waals surface area contributed by atoms with E-state index in [-0.39, 0.29) is 17.8 Å². The van der Waals surface area contributed by atoms with Crippen LogP contribution in [0.2, 0.25) is 0 Å². The fraction of sp³-hybridized carbons (Fsp3) is 0.571. The van der Waals surface area contributed by atoms with Crippen LogP contribution in [-0.4, -0.2) is 19.1 Å². The minimum Gasteiger partial charge on any atom is -0.371 e. The van der Waals surface area contributed by atoms with Crippen molar-refractivity contribution < 1.29 is 13.2 Å². The van der Waals surface area contributed by atoms with E-state index in [9.17, 15) is 13.2 Å². The van der Waals surface area contributed by atoms with E-state index in [1.165, 1.54) is 6.07 Å². The van der Waals surface area contributed by atoms with Crippen LogP contribution in [0.3, 0.4) is 0 Å². The molecule has 2 rings (SSSR count). The SMILES string of the molecule is CN(c1ccc(Br)cc1C(F)(F)F)C1CCC(N)CC1. The highest BCUT2D eigenvalue weighted by molar-refractivity contribution is 9.10. The van der Waals surface area contributed by atoms with Crippen LogP contribution in [0.5, 0.6) is 0 Å². The maximum absolute atomic E-state index is 13.2. The van der Waals surface area contributed by atoms with Gasteiger partial charge in [-0.2, -0.15) is 13.2 Å². The Morgan fingerprint density at radius 3 is 2.35 bits per heavy atom. The predicted molar refractivity (Wildman–Crippen MR) is 77.8 cm³/mol. The average Bonchev–Trinajstić information content (AvgIpc) is 2.38. The first-order chi connectivity index (χ1) is 9.29. The first-order valence-electron chi connectivity index (χ1n) is 6.64. The number of anilines is 1. The number of rotatable bonds is 2. The van der Waals surface area contributed by atoms with E-state index in [1.807, 2.05) is 0 Å². The second-order valence-corrected chi connectivity index (χ2v) is 6.25. The third kappa shape index (κ3) is 3.47. The van der Waals surface area contributed by atoms with Crippen LogP contribution < -0.4 is 10.6 Å². The van der Waals surface area contributed by atoms with E-state index in [1.54, 1.807) is 18.0 Å². The number of hydrogen-bond acceptors (Lipinski definition) is 2. The topological polar surface area (TPSA) is 29.3 Å². The van der Waals surface area contributed by atoms with Crippen molar-refractivity contribution in [2.75, 3.05) is 11.9 Å². The van der Waals surface area contributed by atoms with Crippen LogP contribution in [0.1, 0.15) is 31.2 Å². The molecule has 0 saturated heterocycles. The van der Waals surface area contributed by atoms with Crippen molar-refractivity contribution in [2.45, 2.75) is 43.9 Å². The summed E-state index contributed by atoms with van der Waals surface area (Å²) in [6, 6.07) is 4.63. The fourth-order valence-electron chi connectivity index (χ4n) is 2.73. The van der Waals surface area contributed by atoms with Gasteiger partial charge in [0.2, 0.25) is 0 Å². The molecular weight excluding hydrogens is 333 g/mol. The van der Waals surface area contributed by atoms with Crippen LogP contribution >= 0.6 is 15.9 Å². The number of nitrogens with two attached hydrogens (primary N) is 1. The Bertz CT molecular complexity index is 468. The van der Waals surface area contributed by atoms with E-state index in [0.717, 1.165) is 31.7 Å². The molecule has 1 aromatic carbocycles. The molecule has 1 fully saturated rings. The Morgan fingerprint density at radius 2 is 1.80 bits per heavy atom.